The van der Waals surface area contributed by atoms with Crippen LogP contribution < -0.4 is 14.8 Å². The Kier molecular flexibility index (Phi) is 7.23. The molecule has 0 aliphatic carbocycles. The highest BCUT2D eigenvalue weighted by atomic mass is 32.2. The maximum Gasteiger partial charge on any atom is 0.243 e. The first-order valence-corrected chi connectivity index (χ1v) is 11.8. The number of hydrogen-bond acceptors (Lipinski definition) is 5. The Hall–Kier alpha value is -2.58. The van der Waals surface area contributed by atoms with E-state index < -0.39 is 16.1 Å². The van der Waals surface area contributed by atoms with Crippen LogP contribution in [0.3, 0.4) is 0 Å². The van der Waals surface area contributed by atoms with Crippen LogP contribution >= 0.6 is 0 Å². The van der Waals surface area contributed by atoms with E-state index in [0.29, 0.717) is 24.5 Å². The summed E-state index contributed by atoms with van der Waals surface area (Å²) in [6.07, 6.45) is 2.02. The summed E-state index contributed by atoms with van der Waals surface area (Å²) in [4.78, 5) is 13.4. The Morgan fingerprint density at radius 3 is 2.45 bits per heavy atom. The number of amides is 1. The summed E-state index contributed by atoms with van der Waals surface area (Å²) in [7, 11) is -0.629. The summed E-state index contributed by atoms with van der Waals surface area (Å²) in [5.74, 6) is 0.965. The van der Waals surface area contributed by atoms with E-state index >= 15 is 0 Å². The number of carbonyl (C=O) groups excluding carboxylic acids is 1. The fourth-order valence-electron chi connectivity index (χ4n) is 3.87. The van der Waals surface area contributed by atoms with E-state index in [4.69, 9.17) is 9.47 Å². The second kappa shape index (κ2) is 9.70. The molecule has 7 nitrogen and oxygen atoms in total. The summed E-state index contributed by atoms with van der Waals surface area (Å²) in [6, 6.07) is 11.0. The van der Waals surface area contributed by atoms with Gasteiger partial charge >= 0.3 is 0 Å². The Balaban J connectivity index is 1.83. The van der Waals surface area contributed by atoms with Gasteiger partial charge in [0.2, 0.25) is 15.9 Å². The Bertz CT molecular complexity index is 1020. The molecule has 1 fully saturated rings. The van der Waals surface area contributed by atoms with Crippen LogP contribution in [0, 0.1) is 6.92 Å². The zero-order valence-corrected chi connectivity index (χ0v) is 19.2. The minimum absolute atomic E-state index is 0.209. The molecule has 2 aromatic rings. The van der Waals surface area contributed by atoms with Gasteiger partial charge in [-0.1, -0.05) is 24.1 Å². The molecule has 8 heteroatoms. The van der Waals surface area contributed by atoms with E-state index in [1.54, 1.807) is 50.6 Å². The molecule has 0 bridgehead atoms. The third-order valence-corrected chi connectivity index (χ3v) is 7.57. The number of nitrogens with one attached hydrogen (secondary N) is 1. The van der Waals surface area contributed by atoms with Crippen molar-refractivity contribution in [1.29, 1.82) is 0 Å². The average Bonchev–Trinajstić information content (AvgIpc) is 2.78. The van der Waals surface area contributed by atoms with Crippen LogP contribution in [0.15, 0.2) is 47.4 Å². The lowest BCUT2D eigenvalue weighted by molar-refractivity contribution is -0.126. The molecule has 0 radical (unpaired) electrons. The summed E-state index contributed by atoms with van der Waals surface area (Å²) < 4.78 is 38.6. The highest BCUT2D eigenvalue weighted by Crippen LogP contribution is 2.30. The minimum atomic E-state index is -3.77. The standard InChI is InChI=1S/C23H30N2O5S/c1-16-8-11-19(12-9-16)31(27,28)25-14-6-5-7-21(25)23(26)24-17(2)20-15-18(29-3)10-13-22(20)30-4/h8-13,15,17,21H,5-7,14H2,1-4H3,(H,24,26)/t17-,21-/m1/s1. The average molecular weight is 447 g/mol. The van der Waals surface area contributed by atoms with Gasteiger partial charge in [-0.15, -0.1) is 0 Å². The van der Waals surface area contributed by atoms with Gasteiger partial charge in [0.1, 0.15) is 17.5 Å². The molecule has 2 atom stereocenters. The molecule has 1 saturated heterocycles. The predicted octanol–water partition coefficient (Wildman–Crippen LogP) is 3.43. The number of hydrogen-bond donors (Lipinski definition) is 1. The smallest absolute Gasteiger partial charge is 0.243 e. The molecule has 3 rings (SSSR count). The van der Waals surface area contributed by atoms with Gasteiger partial charge in [0.05, 0.1) is 25.2 Å². The monoisotopic (exact) mass is 446 g/mol. The third kappa shape index (κ3) is 5.02. The van der Waals surface area contributed by atoms with Gasteiger partial charge in [-0.05, 0) is 57.0 Å². The normalized spacial score (nSPS) is 18.3. The molecule has 1 aliphatic rings. The quantitative estimate of drug-likeness (QED) is 0.704. The van der Waals surface area contributed by atoms with Crippen LogP contribution in [-0.2, 0) is 14.8 Å². The summed E-state index contributed by atoms with van der Waals surface area (Å²) in [5, 5.41) is 2.97. The molecule has 0 saturated carbocycles. The van der Waals surface area contributed by atoms with E-state index in [2.05, 4.69) is 5.32 Å². The van der Waals surface area contributed by atoms with Crippen LogP contribution in [0.25, 0.3) is 0 Å². The number of benzene rings is 2. The molecule has 1 aliphatic heterocycles. The molecule has 168 valence electrons. The molecule has 0 aromatic heterocycles. The van der Waals surface area contributed by atoms with Gasteiger partial charge in [0.15, 0.2) is 0 Å². The number of ether oxygens (including phenoxy) is 2. The molecule has 1 heterocycles. The van der Waals surface area contributed by atoms with Crippen LogP contribution in [0.2, 0.25) is 0 Å². The number of rotatable bonds is 7. The molecular weight excluding hydrogens is 416 g/mol. The molecule has 2 aromatic carbocycles. The van der Waals surface area contributed by atoms with Gasteiger partial charge in [-0.2, -0.15) is 4.31 Å². The van der Waals surface area contributed by atoms with Gasteiger partial charge in [0, 0.05) is 12.1 Å². The van der Waals surface area contributed by atoms with E-state index in [0.717, 1.165) is 24.0 Å². The van der Waals surface area contributed by atoms with Gasteiger partial charge in [0.25, 0.3) is 0 Å². The van der Waals surface area contributed by atoms with Crippen molar-refractivity contribution in [1.82, 2.24) is 9.62 Å². The topological polar surface area (TPSA) is 84.9 Å². The molecule has 1 N–H and O–H groups in total. The summed E-state index contributed by atoms with van der Waals surface area (Å²) in [5.41, 5.74) is 1.74. The van der Waals surface area contributed by atoms with E-state index in [1.807, 2.05) is 19.9 Å². The van der Waals surface area contributed by atoms with Gasteiger partial charge in [-0.3, -0.25) is 4.79 Å². The van der Waals surface area contributed by atoms with Crippen molar-refractivity contribution in [3.8, 4) is 11.5 Å². The van der Waals surface area contributed by atoms with Gasteiger partial charge < -0.3 is 14.8 Å². The maximum absolute atomic E-state index is 13.3. The van der Waals surface area contributed by atoms with Crippen molar-refractivity contribution >= 4 is 15.9 Å². The molecule has 31 heavy (non-hydrogen) atoms. The van der Waals surface area contributed by atoms with Crippen molar-refractivity contribution in [3.05, 3.63) is 53.6 Å². The minimum Gasteiger partial charge on any atom is -0.497 e. The molecule has 1 amide bonds. The van der Waals surface area contributed by atoms with Crippen molar-refractivity contribution in [3.63, 3.8) is 0 Å². The lowest BCUT2D eigenvalue weighted by atomic mass is 10.0. The highest BCUT2D eigenvalue weighted by molar-refractivity contribution is 7.89. The summed E-state index contributed by atoms with van der Waals surface area (Å²) in [6.45, 7) is 4.07. The van der Waals surface area contributed by atoms with Crippen LogP contribution in [0.5, 0.6) is 11.5 Å². The first-order chi connectivity index (χ1) is 14.8. The zero-order chi connectivity index (χ0) is 22.6. The van der Waals surface area contributed by atoms with E-state index in [1.165, 1.54) is 4.31 Å². The predicted molar refractivity (Wildman–Crippen MR) is 119 cm³/mol. The number of aryl methyl sites for hydroxylation is 1. The first-order valence-electron chi connectivity index (χ1n) is 10.4. The Labute approximate surface area is 184 Å². The third-order valence-electron chi connectivity index (χ3n) is 5.65. The lowest BCUT2D eigenvalue weighted by Gasteiger charge is -2.34. The van der Waals surface area contributed by atoms with Crippen LogP contribution in [0.4, 0.5) is 0 Å². The fraction of sp³-hybridized carbons (Fsp3) is 0.435. The van der Waals surface area contributed by atoms with Crippen molar-refractivity contribution in [2.45, 2.75) is 50.1 Å². The van der Waals surface area contributed by atoms with Crippen LogP contribution in [0.1, 0.15) is 43.4 Å². The lowest BCUT2D eigenvalue weighted by Crippen LogP contribution is -2.52. The second-order valence-electron chi connectivity index (χ2n) is 7.78. The molecule has 0 spiro atoms. The number of piperidine rings is 1. The number of methoxy groups -OCH3 is 2. The Morgan fingerprint density at radius 2 is 1.81 bits per heavy atom. The summed E-state index contributed by atoms with van der Waals surface area (Å²) >= 11 is 0. The Morgan fingerprint density at radius 1 is 1.10 bits per heavy atom. The van der Waals surface area contributed by atoms with Gasteiger partial charge in [-0.25, -0.2) is 8.42 Å². The first kappa shape index (κ1) is 23.1. The highest BCUT2D eigenvalue weighted by Gasteiger charge is 2.38. The number of nitrogens with zero attached hydrogens (tertiary/aromatic N) is 1. The zero-order valence-electron chi connectivity index (χ0n) is 18.4. The van der Waals surface area contributed by atoms with Crippen LogP contribution in [-0.4, -0.2) is 45.4 Å². The number of sulfonamides is 1. The van der Waals surface area contributed by atoms with Crippen molar-refractivity contribution in [2.24, 2.45) is 0 Å². The number of carbonyl (C=O) groups is 1. The maximum atomic E-state index is 13.3. The van der Waals surface area contributed by atoms with Crippen molar-refractivity contribution < 1.29 is 22.7 Å². The molecular formula is C23H30N2O5S. The SMILES string of the molecule is COc1ccc(OC)c([C@@H](C)NC(=O)[C@H]2CCCCN2S(=O)(=O)c2ccc(C)cc2)c1. The largest absolute Gasteiger partial charge is 0.497 e. The second-order valence-corrected chi connectivity index (χ2v) is 9.67. The molecule has 0 unspecified atom stereocenters. The van der Waals surface area contributed by atoms with E-state index in [9.17, 15) is 13.2 Å². The van der Waals surface area contributed by atoms with E-state index in [-0.39, 0.29) is 16.8 Å². The van der Waals surface area contributed by atoms with Crippen molar-refractivity contribution in [2.75, 3.05) is 20.8 Å². The fourth-order valence-corrected chi connectivity index (χ4v) is 5.52.